The minimum Gasteiger partial charge on any atom is -0.497 e. The molecule has 0 bridgehead atoms. The van der Waals surface area contributed by atoms with Crippen LogP contribution in [0.3, 0.4) is 0 Å². The normalized spacial score (nSPS) is 11.2. The molecule has 0 spiro atoms. The standard InChI is InChI=1S/C21H16N4O2S/c1-26-14-10-13(11-15(12-14)27-2)25-20(18-8-5-9-28-18)24-19-21(25)23-17-7-4-3-6-16(17)22-19/h3-12H,1-2H3. The Hall–Kier alpha value is -3.45. The van der Waals surface area contributed by atoms with Gasteiger partial charge in [-0.1, -0.05) is 18.2 Å². The van der Waals surface area contributed by atoms with Gasteiger partial charge in [0.05, 0.1) is 35.8 Å². The predicted octanol–water partition coefficient (Wildman–Crippen LogP) is 4.71. The minimum absolute atomic E-state index is 0.601. The lowest BCUT2D eigenvalue weighted by molar-refractivity contribution is 0.394. The van der Waals surface area contributed by atoms with Gasteiger partial charge < -0.3 is 9.47 Å². The highest BCUT2D eigenvalue weighted by atomic mass is 32.1. The smallest absolute Gasteiger partial charge is 0.199 e. The Bertz CT molecular complexity index is 1270. The van der Waals surface area contributed by atoms with Crippen molar-refractivity contribution in [1.29, 1.82) is 0 Å². The Balaban J connectivity index is 1.88. The van der Waals surface area contributed by atoms with Gasteiger partial charge in [-0.25, -0.2) is 15.0 Å². The van der Waals surface area contributed by atoms with Crippen molar-refractivity contribution in [3.05, 3.63) is 60.0 Å². The van der Waals surface area contributed by atoms with Crippen molar-refractivity contribution < 1.29 is 9.47 Å². The fraction of sp³-hybridized carbons (Fsp3) is 0.0952. The molecule has 0 saturated heterocycles. The molecule has 5 rings (SSSR count). The van der Waals surface area contributed by atoms with Crippen LogP contribution in [0, 0.1) is 0 Å². The lowest BCUT2D eigenvalue weighted by Crippen LogP contribution is -2.00. The first-order valence-corrected chi connectivity index (χ1v) is 9.57. The Labute approximate surface area is 165 Å². The van der Waals surface area contributed by atoms with Crippen LogP contribution in [0.25, 0.3) is 38.7 Å². The number of hydrogen-bond donors (Lipinski definition) is 0. The van der Waals surface area contributed by atoms with Gasteiger partial charge in [0.1, 0.15) is 11.5 Å². The molecule has 0 aliphatic heterocycles. The number of benzene rings is 2. The average molecular weight is 388 g/mol. The number of methoxy groups -OCH3 is 2. The second kappa shape index (κ2) is 6.61. The lowest BCUT2D eigenvalue weighted by atomic mass is 10.2. The molecular formula is C21H16N4O2S. The Morgan fingerprint density at radius 2 is 1.54 bits per heavy atom. The summed E-state index contributed by atoms with van der Waals surface area (Å²) in [6.45, 7) is 0. The van der Waals surface area contributed by atoms with E-state index >= 15 is 0 Å². The van der Waals surface area contributed by atoms with E-state index in [1.54, 1.807) is 25.6 Å². The zero-order chi connectivity index (χ0) is 19.1. The van der Waals surface area contributed by atoms with E-state index in [2.05, 4.69) is 0 Å². The molecule has 0 aliphatic rings. The summed E-state index contributed by atoms with van der Waals surface area (Å²) in [7, 11) is 3.27. The van der Waals surface area contributed by atoms with E-state index in [1.807, 2.05) is 64.5 Å². The van der Waals surface area contributed by atoms with Crippen molar-refractivity contribution in [2.45, 2.75) is 0 Å². The lowest BCUT2D eigenvalue weighted by Gasteiger charge is -2.12. The van der Waals surface area contributed by atoms with Gasteiger partial charge in [0.15, 0.2) is 17.1 Å². The van der Waals surface area contributed by atoms with Gasteiger partial charge in [0.2, 0.25) is 0 Å². The Kier molecular flexibility index (Phi) is 3.95. The van der Waals surface area contributed by atoms with Crippen molar-refractivity contribution >= 4 is 33.7 Å². The van der Waals surface area contributed by atoms with Gasteiger partial charge in [-0.3, -0.25) is 4.57 Å². The molecule has 28 heavy (non-hydrogen) atoms. The zero-order valence-electron chi connectivity index (χ0n) is 15.3. The molecule has 138 valence electrons. The number of imidazole rings is 1. The van der Waals surface area contributed by atoms with Gasteiger partial charge >= 0.3 is 0 Å². The van der Waals surface area contributed by atoms with Crippen LogP contribution in [0.4, 0.5) is 0 Å². The van der Waals surface area contributed by atoms with Gasteiger partial charge in [-0.05, 0) is 23.6 Å². The van der Waals surface area contributed by atoms with E-state index in [-0.39, 0.29) is 0 Å². The van der Waals surface area contributed by atoms with E-state index in [9.17, 15) is 0 Å². The van der Waals surface area contributed by atoms with Crippen molar-refractivity contribution in [2.75, 3.05) is 14.2 Å². The van der Waals surface area contributed by atoms with Crippen LogP contribution < -0.4 is 9.47 Å². The van der Waals surface area contributed by atoms with E-state index in [1.165, 1.54) is 0 Å². The first-order chi connectivity index (χ1) is 13.8. The average Bonchev–Trinajstić information content (AvgIpc) is 3.39. The molecule has 0 atom stereocenters. The molecule has 6 nitrogen and oxygen atoms in total. The van der Waals surface area contributed by atoms with Crippen molar-refractivity contribution in [1.82, 2.24) is 19.5 Å². The second-order valence-electron chi connectivity index (χ2n) is 6.18. The number of rotatable bonds is 4. The molecule has 0 fully saturated rings. The molecule has 0 unspecified atom stereocenters. The third-order valence-corrected chi connectivity index (χ3v) is 5.37. The summed E-state index contributed by atoms with van der Waals surface area (Å²) in [5.41, 5.74) is 3.79. The number of para-hydroxylation sites is 2. The second-order valence-corrected chi connectivity index (χ2v) is 7.13. The van der Waals surface area contributed by atoms with Crippen LogP contribution in [0.1, 0.15) is 0 Å². The van der Waals surface area contributed by atoms with Crippen LogP contribution in [0.15, 0.2) is 60.0 Å². The topological polar surface area (TPSA) is 62.1 Å². The molecule has 0 N–H and O–H groups in total. The van der Waals surface area contributed by atoms with Gasteiger partial charge in [-0.15, -0.1) is 11.3 Å². The highest BCUT2D eigenvalue weighted by molar-refractivity contribution is 7.13. The maximum absolute atomic E-state index is 5.46. The summed E-state index contributed by atoms with van der Waals surface area (Å²) in [5, 5.41) is 2.03. The van der Waals surface area contributed by atoms with Crippen LogP contribution in [-0.2, 0) is 0 Å². The van der Waals surface area contributed by atoms with Crippen molar-refractivity contribution in [3.8, 4) is 27.9 Å². The van der Waals surface area contributed by atoms with E-state index in [4.69, 9.17) is 24.4 Å². The number of fused-ring (bicyclic) bond motifs is 2. The van der Waals surface area contributed by atoms with E-state index < -0.39 is 0 Å². The van der Waals surface area contributed by atoms with Crippen LogP contribution in [0.2, 0.25) is 0 Å². The monoisotopic (exact) mass is 388 g/mol. The minimum atomic E-state index is 0.601. The van der Waals surface area contributed by atoms with E-state index in [0.29, 0.717) is 22.8 Å². The summed E-state index contributed by atoms with van der Waals surface area (Å²) >= 11 is 1.62. The van der Waals surface area contributed by atoms with E-state index in [0.717, 1.165) is 27.4 Å². The molecule has 3 aromatic heterocycles. The Morgan fingerprint density at radius 1 is 0.821 bits per heavy atom. The molecule has 0 aliphatic carbocycles. The summed E-state index contributed by atoms with van der Waals surface area (Å²) in [4.78, 5) is 15.4. The quantitative estimate of drug-likeness (QED) is 0.446. The third-order valence-electron chi connectivity index (χ3n) is 4.51. The summed E-state index contributed by atoms with van der Waals surface area (Å²) < 4.78 is 12.9. The molecule has 3 heterocycles. The maximum atomic E-state index is 5.46. The molecular weight excluding hydrogens is 372 g/mol. The largest absolute Gasteiger partial charge is 0.497 e. The summed E-state index contributed by atoms with van der Waals surface area (Å²) in [5.74, 6) is 2.18. The van der Waals surface area contributed by atoms with Gasteiger partial charge in [-0.2, -0.15) is 0 Å². The number of hydrogen-bond acceptors (Lipinski definition) is 6. The van der Waals surface area contributed by atoms with Crippen LogP contribution in [-0.4, -0.2) is 33.7 Å². The van der Waals surface area contributed by atoms with Crippen LogP contribution in [0.5, 0.6) is 11.5 Å². The summed E-state index contributed by atoms with van der Waals surface area (Å²) in [6.07, 6.45) is 0. The molecule has 7 heteroatoms. The third kappa shape index (κ3) is 2.68. The maximum Gasteiger partial charge on any atom is 0.199 e. The molecule has 0 amide bonds. The van der Waals surface area contributed by atoms with Crippen molar-refractivity contribution in [2.24, 2.45) is 0 Å². The van der Waals surface area contributed by atoms with Gasteiger partial charge in [0.25, 0.3) is 0 Å². The number of ether oxygens (including phenoxy) is 2. The molecule has 0 saturated carbocycles. The van der Waals surface area contributed by atoms with Gasteiger partial charge in [0, 0.05) is 18.2 Å². The first kappa shape index (κ1) is 16.7. The molecule has 5 aromatic rings. The molecule has 2 aromatic carbocycles. The number of thiophene rings is 1. The molecule has 0 radical (unpaired) electrons. The predicted molar refractivity (Wildman–Crippen MR) is 111 cm³/mol. The fourth-order valence-electron chi connectivity index (χ4n) is 3.19. The highest BCUT2D eigenvalue weighted by Crippen LogP contribution is 2.33. The Morgan fingerprint density at radius 3 is 2.18 bits per heavy atom. The SMILES string of the molecule is COc1cc(OC)cc(-n2c(-c3cccs3)nc3nc4ccccc4nc32)c1. The summed E-state index contributed by atoms with van der Waals surface area (Å²) in [6, 6.07) is 17.6. The fourth-order valence-corrected chi connectivity index (χ4v) is 3.90. The van der Waals surface area contributed by atoms with Crippen LogP contribution >= 0.6 is 11.3 Å². The number of nitrogens with zero attached hydrogens (tertiary/aromatic N) is 4. The van der Waals surface area contributed by atoms with Crippen molar-refractivity contribution in [3.63, 3.8) is 0 Å². The number of aromatic nitrogens is 4. The first-order valence-electron chi connectivity index (χ1n) is 8.69. The zero-order valence-corrected chi connectivity index (χ0v) is 16.1. The highest BCUT2D eigenvalue weighted by Gasteiger charge is 2.19.